The first-order valence-electron chi connectivity index (χ1n) is 6.24. The number of halogens is 1. The topological polar surface area (TPSA) is 92.3 Å². The highest BCUT2D eigenvalue weighted by molar-refractivity contribution is 9.10. The molecule has 0 aliphatic carbocycles. The minimum atomic E-state index is -0.830. The van der Waals surface area contributed by atoms with Gasteiger partial charge in [0.2, 0.25) is 11.7 Å². The van der Waals surface area contributed by atoms with Crippen LogP contribution in [0.25, 0.3) is 0 Å². The number of benzene rings is 1. The fraction of sp³-hybridized carbons (Fsp3) is 0.286. The third-order valence-electron chi connectivity index (χ3n) is 2.51. The molecule has 0 spiro atoms. The lowest BCUT2D eigenvalue weighted by molar-refractivity contribution is -0.137. The average molecular weight is 355 g/mol. The zero-order chi connectivity index (χ0) is 15.8. The molecule has 0 bridgehead atoms. The van der Waals surface area contributed by atoms with Gasteiger partial charge in [0, 0.05) is 30.0 Å². The zero-order valence-electron chi connectivity index (χ0n) is 11.4. The summed E-state index contributed by atoms with van der Waals surface area (Å²) in [4.78, 5) is 45.6. The number of hydrogen-bond acceptors (Lipinski definition) is 4. The quantitative estimate of drug-likeness (QED) is 0.328. The number of ketones is 2. The van der Waals surface area contributed by atoms with Crippen molar-refractivity contribution in [3.05, 3.63) is 34.3 Å². The van der Waals surface area contributed by atoms with E-state index >= 15 is 0 Å². The maximum absolute atomic E-state index is 11.9. The van der Waals surface area contributed by atoms with Crippen molar-refractivity contribution < 1.29 is 19.2 Å². The van der Waals surface area contributed by atoms with Crippen LogP contribution in [0.4, 0.5) is 0 Å². The van der Waals surface area contributed by atoms with Gasteiger partial charge in [-0.2, -0.15) is 0 Å². The number of amides is 2. The van der Waals surface area contributed by atoms with Gasteiger partial charge in [-0.15, -0.1) is 0 Å². The summed E-state index contributed by atoms with van der Waals surface area (Å²) in [6, 6.07) is 6.60. The van der Waals surface area contributed by atoms with Crippen molar-refractivity contribution in [2.24, 2.45) is 0 Å². The molecule has 1 aromatic carbocycles. The van der Waals surface area contributed by atoms with Gasteiger partial charge in [0.15, 0.2) is 5.78 Å². The van der Waals surface area contributed by atoms with E-state index in [1.54, 1.807) is 24.3 Å². The van der Waals surface area contributed by atoms with E-state index in [1.165, 1.54) is 6.92 Å². The lowest BCUT2D eigenvalue weighted by Gasteiger charge is -2.05. The molecule has 0 radical (unpaired) electrons. The zero-order valence-corrected chi connectivity index (χ0v) is 13.0. The molecule has 0 saturated carbocycles. The Balaban J connectivity index is 2.43. The molecule has 0 atom stereocenters. The highest BCUT2D eigenvalue weighted by atomic mass is 79.9. The summed E-state index contributed by atoms with van der Waals surface area (Å²) in [7, 11) is 0. The standard InChI is InChI=1S/C14H15BrN2O4/c1-9(18)16-5-6-17-14(21)13(20)8-12(19)10-3-2-4-11(15)7-10/h2-4,7H,5-6,8H2,1H3,(H,16,18)(H,17,21). The van der Waals surface area contributed by atoms with Crippen LogP contribution in [0, 0.1) is 0 Å². The van der Waals surface area contributed by atoms with Crippen LogP contribution in [0.15, 0.2) is 28.7 Å². The summed E-state index contributed by atoms with van der Waals surface area (Å²) in [6.07, 6.45) is -0.484. The number of Topliss-reactive ketones (excluding diaryl/α,β-unsaturated/α-hetero) is 2. The summed E-state index contributed by atoms with van der Waals surface area (Å²) in [6.45, 7) is 1.72. The first-order chi connectivity index (χ1) is 9.90. The minimum absolute atomic E-state index is 0.134. The fourth-order valence-electron chi connectivity index (χ4n) is 1.50. The van der Waals surface area contributed by atoms with Gasteiger partial charge in [0.25, 0.3) is 5.91 Å². The SMILES string of the molecule is CC(=O)NCCNC(=O)C(=O)CC(=O)c1cccc(Br)c1. The Morgan fingerprint density at radius 2 is 1.76 bits per heavy atom. The van der Waals surface area contributed by atoms with Gasteiger partial charge in [0.05, 0.1) is 6.42 Å². The number of carbonyl (C=O) groups is 4. The Hall–Kier alpha value is -2.02. The van der Waals surface area contributed by atoms with Crippen molar-refractivity contribution in [1.82, 2.24) is 10.6 Å². The normalized spacial score (nSPS) is 9.81. The van der Waals surface area contributed by atoms with Gasteiger partial charge in [-0.1, -0.05) is 28.1 Å². The van der Waals surface area contributed by atoms with E-state index < -0.39 is 23.9 Å². The van der Waals surface area contributed by atoms with E-state index in [0.29, 0.717) is 5.56 Å². The van der Waals surface area contributed by atoms with Gasteiger partial charge in [0.1, 0.15) is 0 Å². The van der Waals surface area contributed by atoms with Crippen molar-refractivity contribution in [2.75, 3.05) is 13.1 Å². The Labute approximate surface area is 130 Å². The molecule has 0 heterocycles. The molecular weight excluding hydrogens is 340 g/mol. The summed E-state index contributed by atoms with van der Waals surface area (Å²) in [5, 5.41) is 4.82. The van der Waals surface area contributed by atoms with E-state index in [2.05, 4.69) is 26.6 Å². The second-order valence-electron chi connectivity index (χ2n) is 4.27. The Morgan fingerprint density at radius 3 is 2.38 bits per heavy atom. The van der Waals surface area contributed by atoms with Gasteiger partial charge in [-0.25, -0.2) is 0 Å². The van der Waals surface area contributed by atoms with Crippen molar-refractivity contribution in [2.45, 2.75) is 13.3 Å². The van der Waals surface area contributed by atoms with Crippen molar-refractivity contribution >= 4 is 39.3 Å². The van der Waals surface area contributed by atoms with Crippen molar-refractivity contribution in [3.63, 3.8) is 0 Å². The van der Waals surface area contributed by atoms with Gasteiger partial charge < -0.3 is 10.6 Å². The van der Waals surface area contributed by atoms with Crippen LogP contribution in [0.1, 0.15) is 23.7 Å². The lowest BCUT2D eigenvalue weighted by Crippen LogP contribution is -2.37. The monoisotopic (exact) mass is 354 g/mol. The molecule has 2 amide bonds. The molecule has 0 aliphatic heterocycles. The van der Waals surface area contributed by atoms with E-state index in [-0.39, 0.29) is 19.0 Å². The molecule has 0 aromatic heterocycles. The Bertz CT molecular complexity index is 572. The first kappa shape index (κ1) is 17.0. The molecule has 0 fully saturated rings. The maximum atomic E-state index is 11.9. The Kier molecular flexibility index (Phi) is 6.74. The summed E-state index contributed by atoms with van der Waals surface area (Å²) in [5.74, 6) is -2.27. The second-order valence-corrected chi connectivity index (χ2v) is 5.19. The molecule has 112 valence electrons. The summed E-state index contributed by atoms with van der Waals surface area (Å²) >= 11 is 3.23. The number of nitrogens with one attached hydrogen (secondary N) is 2. The average Bonchev–Trinajstić information content (AvgIpc) is 2.43. The van der Waals surface area contributed by atoms with Crippen LogP contribution in [0.5, 0.6) is 0 Å². The van der Waals surface area contributed by atoms with Gasteiger partial charge >= 0.3 is 0 Å². The van der Waals surface area contributed by atoms with Crippen LogP contribution in [0.3, 0.4) is 0 Å². The van der Waals surface area contributed by atoms with Crippen LogP contribution < -0.4 is 10.6 Å². The second kappa shape index (κ2) is 8.31. The third kappa shape index (κ3) is 6.31. The molecule has 0 saturated heterocycles. The van der Waals surface area contributed by atoms with E-state index in [0.717, 1.165) is 4.47 Å². The van der Waals surface area contributed by atoms with Crippen LogP contribution >= 0.6 is 15.9 Å². The first-order valence-corrected chi connectivity index (χ1v) is 7.03. The van der Waals surface area contributed by atoms with E-state index in [4.69, 9.17) is 0 Å². The fourth-order valence-corrected chi connectivity index (χ4v) is 1.90. The predicted octanol–water partition coefficient (Wildman–Crippen LogP) is 0.843. The molecule has 7 heteroatoms. The predicted molar refractivity (Wildman–Crippen MR) is 79.8 cm³/mol. The highest BCUT2D eigenvalue weighted by Gasteiger charge is 2.18. The molecule has 0 aliphatic rings. The van der Waals surface area contributed by atoms with Crippen LogP contribution in [0.2, 0.25) is 0 Å². The summed E-state index contributed by atoms with van der Waals surface area (Å²) in [5.41, 5.74) is 0.365. The molecular formula is C14H15BrN2O4. The van der Waals surface area contributed by atoms with Crippen molar-refractivity contribution in [1.29, 1.82) is 0 Å². The molecule has 2 N–H and O–H groups in total. The molecule has 21 heavy (non-hydrogen) atoms. The van der Waals surface area contributed by atoms with Gasteiger partial charge in [-0.3, -0.25) is 19.2 Å². The highest BCUT2D eigenvalue weighted by Crippen LogP contribution is 2.13. The van der Waals surface area contributed by atoms with E-state index in [9.17, 15) is 19.2 Å². The number of hydrogen-bond donors (Lipinski definition) is 2. The number of carbonyl (C=O) groups excluding carboxylic acids is 4. The van der Waals surface area contributed by atoms with Crippen LogP contribution in [-0.2, 0) is 14.4 Å². The third-order valence-corrected chi connectivity index (χ3v) is 3.00. The smallest absolute Gasteiger partial charge is 0.287 e. The van der Waals surface area contributed by atoms with Crippen LogP contribution in [-0.4, -0.2) is 36.5 Å². The molecule has 1 aromatic rings. The maximum Gasteiger partial charge on any atom is 0.287 e. The molecule has 1 rings (SSSR count). The van der Waals surface area contributed by atoms with E-state index in [1.807, 2.05) is 0 Å². The van der Waals surface area contributed by atoms with Crippen molar-refractivity contribution in [3.8, 4) is 0 Å². The largest absolute Gasteiger partial charge is 0.355 e. The molecule has 6 nitrogen and oxygen atoms in total. The molecule has 0 unspecified atom stereocenters. The number of rotatable bonds is 7. The summed E-state index contributed by atoms with van der Waals surface area (Å²) < 4.78 is 0.723. The lowest BCUT2D eigenvalue weighted by atomic mass is 10.1. The minimum Gasteiger partial charge on any atom is -0.355 e. The Morgan fingerprint density at radius 1 is 1.10 bits per heavy atom. The van der Waals surface area contributed by atoms with Gasteiger partial charge in [-0.05, 0) is 12.1 Å².